The van der Waals surface area contributed by atoms with Gasteiger partial charge in [-0.2, -0.15) is 0 Å². The van der Waals surface area contributed by atoms with Crippen molar-refractivity contribution in [3.05, 3.63) is 36.5 Å². The van der Waals surface area contributed by atoms with Crippen molar-refractivity contribution < 1.29 is 9.52 Å². The molecule has 0 amide bonds. The molecule has 0 bridgehead atoms. The Morgan fingerprint density at radius 1 is 1.44 bits per heavy atom. The Balaban J connectivity index is 1.78. The average Bonchev–Trinajstić information content (AvgIpc) is 2.83. The van der Waals surface area contributed by atoms with Crippen LogP contribution in [0.1, 0.15) is 5.56 Å². The molecule has 1 aliphatic rings. The summed E-state index contributed by atoms with van der Waals surface area (Å²) >= 11 is 0. The minimum absolute atomic E-state index is 0.142. The van der Waals surface area contributed by atoms with Crippen molar-refractivity contribution in [3.8, 4) is 11.1 Å². The van der Waals surface area contributed by atoms with Gasteiger partial charge in [-0.05, 0) is 11.6 Å². The molecule has 0 aromatic carbocycles. The fourth-order valence-corrected chi connectivity index (χ4v) is 2.13. The van der Waals surface area contributed by atoms with Gasteiger partial charge in [0.05, 0.1) is 18.6 Å². The number of hydrogen-bond donors (Lipinski definition) is 2. The zero-order chi connectivity index (χ0) is 11.0. The van der Waals surface area contributed by atoms with Crippen molar-refractivity contribution in [3.63, 3.8) is 0 Å². The van der Waals surface area contributed by atoms with Gasteiger partial charge in [0.15, 0.2) is 0 Å². The summed E-state index contributed by atoms with van der Waals surface area (Å²) in [6.07, 6.45) is 7.27. The molecule has 0 spiro atoms. The van der Waals surface area contributed by atoms with E-state index in [1.54, 1.807) is 12.5 Å². The van der Waals surface area contributed by atoms with Gasteiger partial charge in [-0.25, -0.2) is 0 Å². The number of likely N-dealkylation sites (tertiary alicyclic amines) is 1. The summed E-state index contributed by atoms with van der Waals surface area (Å²) < 4.78 is 5.09. The van der Waals surface area contributed by atoms with Gasteiger partial charge in [0.25, 0.3) is 0 Å². The lowest BCUT2D eigenvalue weighted by atomic mass is 10.1. The third kappa shape index (κ3) is 1.66. The second-order valence-corrected chi connectivity index (χ2v) is 4.25. The number of rotatable bonds is 3. The summed E-state index contributed by atoms with van der Waals surface area (Å²) in [5, 5.41) is 9.24. The summed E-state index contributed by atoms with van der Waals surface area (Å²) in [5.41, 5.74) is 3.51. The predicted octanol–water partition coefficient (Wildman–Crippen LogP) is 1.45. The maximum absolute atomic E-state index is 9.24. The van der Waals surface area contributed by atoms with Crippen molar-refractivity contribution in [2.75, 3.05) is 13.1 Å². The van der Waals surface area contributed by atoms with Gasteiger partial charge in [-0.3, -0.25) is 4.90 Å². The number of aliphatic hydroxyl groups is 1. The second-order valence-electron chi connectivity index (χ2n) is 4.25. The van der Waals surface area contributed by atoms with Gasteiger partial charge in [-0.15, -0.1) is 0 Å². The van der Waals surface area contributed by atoms with E-state index in [1.807, 2.05) is 18.5 Å². The number of furan rings is 1. The molecule has 3 rings (SSSR count). The van der Waals surface area contributed by atoms with Crippen molar-refractivity contribution in [1.29, 1.82) is 0 Å². The molecule has 2 N–H and O–H groups in total. The zero-order valence-corrected chi connectivity index (χ0v) is 8.89. The molecule has 2 aromatic rings. The number of aliphatic hydroxyl groups excluding tert-OH is 1. The maximum atomic E-state index is 9.24. The zero-order valence-electron chi connectivity index (χ0n) is 8.89. The van der Waals surface area contributed by atoms with E-state index in [4.69, 9.17) is 4.42 Å². The fourth-order valence-electron chi connectivity index (χ4n) is 2.13. The Hall–Kier alpha value is -1.52. The van der Waals surface area contributed by atoms with Crippen molar-refractivity contribution in [1.82, 2.24) is 9.88 Å². The van der Waals surface area contributed by atoms with E-state index in [0.29, 0.717) is 0 Å². The van der Waals surface area contributed by atoms with Gasteiger partial charge in [-0.1, -0.05) is 0 Å². The standard InChI is InChI=1S/C12H14N2O2/c15-11-6-14(7-11)5-10-3-13-4-12(10)9-1-2-16-8-9/h1-4,8,11,13,15H,5-7H2. The Morgan fingerprint density at radius 2 is 2.31 bits per heavy atom. The molecule has 4 nitrogen and oxygen atoms in total. The highest BCUT2D eigenvalue weighted by Gasteiger charge is 2.25. The molecule has 0 unspecified atom stereocenters. The molecule has 84 valence electrons. The molecular formula is C12H14N2O2. The minimum Gasteiger partial charge on any atom is -0.472 e. The third-order valence-electron chi connectivity index (χ3n) is 3.00. The van der Waals surface area contributed by atoms with Crippen LogP contribution in [0.5, 0.6) is 0 Å². The number of aromatic amines is 1. The van der Waals surface area contributed by atoms with Crippen LogP contribution in [0.3, 0.4) is 0 Å². The molecule has 0 atom stereocenters. The summed E-state index contributed by atoms with van der Waals surface area (Å²) in [6.45, 7) is 2.42. The van der Waals surface area contributed by atoms with Gasteiger partial charge >= 0.3 is 0 Å². The normalized spacial score (nSPS) is 17.6. The van der Waals surface area contributed by atoms with Crippen LogP contribution in [0.2, 0.25) is 0 Å². The average molecular weight is 218 g/mol. The molecular weight excluding hydrogens is 204 g/mol. The van der Waals surface area contributed by atoms with Gasteiger partial charge in [0, 0.05) is 43.2 Å². The minimum atomic E-state index is -0.142. The lowest BCUT2D eigenvalue weighted by molar-refractivity contribution is -0.00276. The molecule has 1 aliphatic heterocycles. The number of nitrogens with zero attached hydrogens (tertiary/aromatic N) is 1. The monoisotopic (exact) mass is 218 g/mol. The van der Waals surface area contributed by atoms with Crippen molar-refractivity contribution >= 4 is 0 Å². The highest BCUT2D eigenvalue weighted by molar-refractivity contribution is 5.65. The first kappa shape index (κ1) is 9.69. The van der Waals surface area contributed by atoms with Crippen LogP contribution in [0.15, 0.2) is 35.4 Å². The van der Waals surface area contributed by atoms with E-state index >= 15 is 0 Å². The molecule has 4 heteroatoms. The van der Waals surface area contributed by atoms with Crippen LogP contribution in [-0.2, 0) is 6.54 Å². The number of H-pyrrole nitrogens is 1. The summed E-state index contributed by atoms with van der Waals surface area (Å²) in [5.74, 6) is 0. The van der Waals surface area contributed by atoms with E-state index in [-0.39, 0.29) is 6.10 Å². The SMILES string of the molecule is OC1CN(Cc2c[nH]cc2-c2ccoc2)C1. The Bertz CT molecular complexity index is 455. The van der Waals surface area contributed by atoms with Crippen LogP contribution in [0, 0.1) is 0 Å². The smallest absolute Gasteiger partial charge is 0.0981 e. The Morgan fingerprint density at radius 3 is 3.00 bits per heavy atom. The Kier molecular flexibility index (Phi) is 2.31. The van der Waals surface area contributed by atoms with Gasteiger partial charge in [0.1, 0.15) is 0 Å². The van der Waals surface area contributed by atoms with Crippen LogP contribution >= 0.6 is 0 Å². The third-order valence-corrected chi connectivity index (χ3v) is 3.00. The molecule has 1 saturated heterocycles. The van der Waals surface area contributed by atoms with Crippen molar-refractivity contribution in [2.24, 2.45) is 0 Å². The lowest BCUT2D eigenvalue weighted by Gasteiger charge is -2.35. The van der Waals surface area contributed by atoms with E-state index in [9.17, 15) is 5.11 Å². The lowest BCUT2D eigenvalue weighted by Crippen LogP contribution is -2.49. The molecule has 0 radical (unpaired) electrons. The van der Waals surface area contributed by atoms with E-state index < -0.39 is 0 Å². The molecule has 0 aliphatic carbocycles. The summed E-state index contributed by atoms with van der Waals surface area (Å²) in [4.78, 5) is 5.34. The quantitative estimate of drug-likeness (QED) is 0.819. The first-order valence-corrected chi connectivity index (χ1v) is 5.41. The maximum Gasteiger partial charge on any atom is 0.0981 e. The van der Waals surface area contributed by atoms with Crippen LogP contribution in [-0.4, -0.2) is 34.2 Å². The van der Waals surface area contributed by atoms with Crippen molar-refractivity contribution in [2.45, 2.75) is 12.6 Å². The number of aromatic nitrogens is 1. The molecule has 3 heterocycles. The van der Waals surface area contributed by atoms with Crippen LogP contribution < -0.4 is 0 Å². The number of nitrogens with one attached hydrogen (secondary N) is 1. The first-order chi connectivity index (χ1) is 7.83. The number of hydrogen-bond acceptors (Lipinski definition) is 3. The molecule has 2 aromatic heterocycles. The second kappa shape index (κ2) is 3.81. The highest BCUT2D eigenvalue weighted by Crippen LogP contribution is 2.26. The van der Waals surface area contributed by atoms with E-state index in [0.717, 1.165) is 25.2 Å². The van der Waals surface area contributed by atoms with Crippen LogP contribution in [0.25, 0.3) is 11.1 Å². The topological polar surface area (TPSA) is 52.4 Å². The number of β-amino-alcohol motifs (C(OH)–C–C–N with tert-alkyl or cyclic N) is 1. The molecule has 16 heavy (non-hydrogen) atoms. The predicted molar refractivity (Wildman–Crippen MR) is 59.8 cm³/mol. The molecule has 0 saturated carbocycles. The Labute approximate surface area is 93.5 Å². The largest absolute Gasteiger partial charge is 0.472 e. The van der Waals surface area contributed by atoms with E-state index in [1.165, 1.54) is 11.1 Å². The van der Waals surface area contributed by atoms with Gasteiger partial charge in [0.2, 0.25) is 0 Å². The summed E-state index contributed by atoms with van der Waals surface area (Å²) in [6, 6.07) is 1.96. The van der Waals surface area contributed by atoms with E-state index in [2.05, 4.69) is 9.88 Å². The molecule has 1 fully saturated rings. The first-order valence-electron chi connectivity index (χ1n) is 5.41. The fraction of sp³-hybridized carbons (Fsp3) is 0.333. The summed E-state index contributed by atoms with van der Waals surface area (Å²) in [7, 11) is 0. The van der Waals surface area contributed by atoms with Gasteiger partial charge < -0.3 is 14.5 Å². The van der Waals surface area contributed by atoms with Crippen LogP contribution in [0.4, 0.5) is 0 Å². The highest BCUT2D eigenvalue weighted by atomic mass is 16.3.